The molecule has 10 heteroatoms. The molecule has 0 saturated carbocycles. The minimum atomic E-state index is -1.02. The van der Waals surface area contributed by atoms with Gasteiger partial charge in [0.2, 0.25) is 0 Å². The second-order valence-electron chi connectivity index (χ2n) is 6.72. The van der Waals surface area contributed by atoms with Gasteiger partial charge in [-0.15, -0.1) is 5.10 Å². The largest absolute Gasteiger partial charge is 0.399 e. The predicted octanol–water partition coefficient (Wildman–Crippen LogP) is 3.49. The molecule has 3 aromatic rings. The van der Waals surface area contributed by atoms with Gasteiger partial charge in [0.15, 0.2) is 11.6 Å². The molecular formula is C20H19F2N5O3. The molecule has 1 amide bonds. The van der Waals surface area contributed by atoms with E-state index in [0.29, 0.717) is 18.9 Å². The molecule has 0 bridgehead atoms. The molecule has 156 valence electrons. The van der Waals surface area contributed by atoms with Crippen LogP contribution in [0.3, 0.4) is 0 Å². The summed E-state index contributed by atoms with van der Waals surface area (Å²) in [5.74, 6) is -2.84. The number of amides is 1. The van der Waals surface area contributed by atoms with Crippen LogP contribution in [0.1, 0.15) is 16.2 Å². The maximum absolute atomic E-state index is 13.3. The molecule has 2 aromatic carbocycles. The minimum absolute atomic E-state index is 0.120. The number of benzene rings is 2. The number of anilines is 4. The Labute approximate surface area is 170 Å². The van der Waals surface area contributed by atoms with E-state index in [0.717, 1.165) is 36.5 Å². The molecule has 4 rings (SSSR count). The van der Waals surface area contributed by atoms with Crippen molar-refractivity contribution in [3.63, 3.8) is 0 Å². The monoisotopic (exact) mass is 415 g/mol. The molecule has 1 fully saturated rings. The van der Waals surface area contributed by atoms with Crippen LogP contribution in [-0.4, -0.2) is 42.4 Å². The van der Waals surface area contributed by atoms with Crippen LogP contribution in [0.4, 0.5) is 31.9 Å². The van der Waals surface area contributed by atoms with Crippen molar-refractivity contribution in [2.45, 2.75) is 6.92 Å². The van der Waals surface area contributed by atoms with Crippen molar-refractivity contribution in [2.24, 2.45) is 0 Å². The first kappa shape index (κ1) is 19.8. The van der Waals surface area contributed by atoms with Crippen molar-refractivity contribution in [2.75, 3.05) is 41.8 Å². The molecule has 8 nitrogen and oxygen atoms in total. The van der Waals surface area contributed by atoms with Gasteiger partial charge in [0.25, 0.3) is 0 Å². The lowest BCUT2D eigenvalue weighted by Crippen LogP contribution is -2.36. The van der Waals surface area contributed by atoms with Crippen molar-refractivity contribution >= 4 is 29.0 Å². The van der Waals surface area contributed by atoms with Crippen LogP contribution in [-0.2, 0) is 4.74 Å². The van der Waals surface area contributed by atoms with Crippen molar-refractivity contribution in [1.29, 1.82) is 0 Å². The highest BCUT2D eigenvalue weighted by Crippen LogP contribution is 2.25. The number of aryl methyl sites for hydroxylation is 1. The zero-order valence-corrected chi connectivity index (χ0v) is 16.1. The van der Waals surface area contributed by atoms with Gasteiger partial charge < -0.3 is 24.7 Å². The second kappa shape index (κ2) is 8.46. The fraction of sp³-hybridized carbons (Fsp3) is 0.250. The van der Waals surface area contributed by atoms with Gasteiger partial charge in [0, 0.05) is 36.2 Å². The van der Waals surface area contributed by atoms with E-state index in [-0.39, 0.29) is 17.6 Å². The number of nitrogens with one attached hydrogen (secondary N) is 2. The number of ether oxygens (including phenoxy) is 1. The first-order valence-electron chi connectivity index (χ1n) is 9.30. The summed E-state index contributed by atoms with van der Waals surface area (Å²) in [4.78, 5) is 14.6. The predicted molar refractivity (Wildman–Crippen MR) is 106 cm³/mol. The summed E-state index contributed by atoms with van der Waals surface area (Å²) in [6.07, 6.45) is 0. The molecule has 2 N–H and O–H groups in total. The highest BCUT2D eigenvalue weighted by Gasteiger charge is 2.17. The molecule has 0 radical (unpaired) electrons. The molecule has 0 unspecified atom stereocenters. The normalized spacial score (nSPS) is 13.9. The van der Waals surface area contributed by atoms with Crippen molar-refractivity contribution < 1.29 is 22.7 Å². The Morgan fingerprint density at radius 3 is 2.53 bits per heavy atom. The van der Waals surface area contributed by atoms with Crippen LogP contribution < -0.4 is 15.5 Å². The average molecular weight is 415 g/mol. The second-order valence-corrected chi connectivity index (χ2v) is 6.72. The summed E-state index contributed by atoms with van der Waals surface area (Å²) >= 11 is 0. The number of aromatic nitrogens is 2. The summed E-state index contributed by atoms with van der Waals surface area (Å²) in [6, 6.07) is 8.70. The van der Waals surface area contributed by atoms with Crippen LogP contribution in [0.15, 0.2) is 40.8 Å². The minimum Gasteiger partial charge on any atom is -0.399 e. The van der Waals surface area contributed by atoms with E-state index in [2.05, 4.69) is 25.7 Å². The van der Waals surface area contributed by atoms with E-state index in [1.807, 2.05) is 19.1 Å². The van der Waals surface area contributed by atoms with E-state index in [4.69, 9.17) is 9.15 Å². The summed E-state index contributed by atoms with van der Waals surface area (Å²) in [5, 5.41) is 12.7. The van der Waals surface area contributed by atoms with Gasteiger partial charge in [-0.05, 0) is 42.8 Å². The lowest BCUT2D eigenvalue weighted by Gasteiger charge is -2.30. The Morgan fingerprint density at radius 1 is 1.03 bits per heavy atom. The summed E-state index contributed by atoms with van der Waals surface area (Å²) < 4.78 is 36.9. The standard InChI is InChI=1S/C20H19F2N5O3/c1-12-10-13(3-5-17(12)27-6-8-29-9-7-27)23-18(28)19-25-26-20(30-19)24-14-2-4-15(21)16(22)11-14/h2-5,10-11H,6-9H2,1H3,(H,23,28)(H,24,26). The van der Waals surface area contributed by atoms with Gasteiger partial charge in [0.05, 0.1) is 13.2 Å². The van der Waals surface area contributed by atoms with E-state index < -0.39 is 17.5 Å². The fourth-order valence-electron chi connectivity index (χ4n) is 3.14. The van der Waals surface area contributed by atoms with Gasteiger partial charge in [-0.1, -0.05) is 5.10 Å². The number of halogens is 2. The quantitative estimate of drug-likeness (QED) is 0.659. The van der Waals surface area contributed by atoms with E-state index in [9.17, 15) is 13.6 Å². The molecule has 30 heavy (non-hydrogen) atoms. The van der Waals surface area contributed by atoms with E-state index in [1.165, 1.54) is 6.07 Å². The number of hydrogen-bond donors (Lipinski definition) is 2. The number of carbonyl (C=O) groups excluding carboxylic acids is 1. The molecule has 1 aliphatic heterocycles. The first-order chi connectivity index (χ1) is 14.5. The van der Waals surface area contributed by atoms with Crippen LogP contribution in [0.5, 0.6) is 0 Å². The van der Waals surface area contributed by atoms with Crippen LogP contribution in [0, 0.1) is 18.6 Å². The third kappa shape index (κ3) is 4.38. The summed E-state index contributed by atoms with van der Waals surface area (Å²) in [5.41, 5.74) is 2.90. The summed E-state index contributed by atoms with van der Waals surface area (Å²) in [6.45, 7) is 4.99. The van der Waals surface area contributed by atoms with Crippen molar-refractivity contribution in [3.05, 3.63) is 59.5 Å². The van der Waals surface area contributed by atoms with E-state index >= 15 is 0 Å². The van der Waals surface area contributed by atoms with Crippen LogP contribution >= 0.6 is 0 Å². The van der Waals surface area contributed by atoms with Gasteiger partial charge in [-0.2, -0.15) is 0 Å². The third-order valence-corrected chi connectivity index (χ3v) is 4.60. The lowest BCUT2D eigenvalue weighted by molar-refractivity contribution is 0.0991. The zero-order valence-electron chi connectivity index (χ0n) is 16.1. The van der Waals surface area contributed by atoms with Gasteiger partial charge >= 0.3 is 17.8 Å². The van der Waals surface area contributed by atoms with Gasteiger partial charge in [-0.25, -0.2) is 8.78 Å². The molecule has 0 spiro atoms. The maximum Gasteiger partial charge on any atom is 0.320 e. The Kier molecular flexibility index (Phi) is 5.57. The lowest BCUT2D eigenvalue weighted by atomic mass is 10.1. The molecule has 0 atom stereocenters. The number of morpholine rings is 1. The van der Waals surface area contributed by atoms with E-state index in [1.54, 1.807) is 6.07 Å². The Morgan fingerprint density at radius 2 is 1.80 bits per heavy atom. The summed E-state index contributed by atoms with van der Waals surface area (Å²) in [7, 11) is 0. The topological polar surface area (TPSA) is 92.5 Å². The first-order valence-corrected chi connectivity index (χ1v) is 9.30. The molecule has 2 heterocycles. The molecule has 1 aromatic heterocycles. The van der Waals surface area contributed by atoms with Gasteiger partial charge in [-0.3, -0.25) is 4.79 Å². The zero-order chi connectivity index (χ0) is 21.1. The Balaban J connectivity index is 1.41. The van der Waals surface area contributed by atoms with Gasteiger partial charge in [0.1, 0.15) is 0 Å². The fourth-order valence-corrected chi connectivity index (χ4v) is 3.14. The van der Waals surface area contributed by atoms with Crippen LogP contribution in [0.25, 0.3) is 0 Å². The Hall–Kier alpha value is -3.53. The van der Waals surface area contributed by atoms with Crippen molar-refractivity contribution in [1.82, 2.24) is 10.2 Å². The van der Waals surface area contributed by atoms with Crippen LogP contribution in [0.2, 0.25) is 0 Å². The SMILES string of the molecule is Cc1cc(NC(=O)c2nnc(Nc3ccc(F)c(F)c3)o2)ccc1N1CCOCC1. The smallest absolute Gasteiger partial charge is 0.320 e. The molecule has 1 saturated heterocycles. The molecule has 1 aliphatic rings. The number of rotatable bonds is 5. The Bertz CT molecular complexity index is 1070. The van der Waals surface area contributed by atoms with Crippen molar-refractivity contribution in [3.8, 4) is 0 Å². The number of hydrogen-bond acceptors (Lipinski definition) is 7. The number of carbonyl (C=O) groups is 1. The highest BCUT2D eigenvalue weighted by molar-refractivity contribution is 6.01. The molecule has 0 aliphatic carbocycles. The highest BCUT2D eigenvalue weighted by atomic mass is 19.2. The third-order valence-electron chi connectivity index (χ3n) is 4.60. The maximum atomic E-state index is 13.3. The average Bonchev–Trinajstić information content (AvgIpc) is 3.20. The molecular weight excluding hydrogens is 396 g/mol. The number of nitrogens with zero attached hydrogens (tertiary/aromatic N) is 3.